The van der Waals surface area contributed by atoms with Crippen molar-refractivity contribution in [1.82, 2.24) is 14.5 Å². The van der Waals surface area contributed by atoms with Crippen LogP contribution in [0.25, 0.3) is 0 Å². The van der Waals surface area contributed by atoms with Gasteiger partial charge in [0.2, 0.25) is 11.8 Å². The first-order valence-electron chi connectivity index (χ1n) is 13.2. The van der Waals surface area contributed by atoms with Crippen LogP contribution >= 0.6 is 11.6 Å². The molecule has 0 fully saturated rings. The standard InChI is InChI=1S/C30H37ClN4O4S/c1-5-23(2)32-30(37)28(20-24-12-8-6-9-13-24)34(21-25-16-18-26(31)19-17-25)29(36)22-35(40(38,39)33(3)4)27-14-10-7-11-15-27/h6-19,23,28H,5,20-22H2,1-4H3,(H,32,37)/t23-,28+/m1/s1. The zero-order chi connectivity index (χ0) is 29.3. The highest BCUT2D eigenvalue weighted by molar-refractivity contribution is 7.90. The summed E-state index contributed by atoms with van der Waals surface area (Å²) in [5.41, 5.74) is 1.98. The Morgan fingerprint density at radius 3 is 2.00 bits per heavy atom. The number of carbonyl (C=O) groups excluding carboxylic acids is 2. The molecular formula is C30H37ClN4O4S. The molecule has 3 rings (SSSR count). The minimum Gasteiger partial charge on any atom is -0.352 e. The van der Waals surface area contributed by atoms with E-state index in [-0.39, 0.29) is 24.9 Å². The average molecular weight is 585 g/mol. The topological polar surface area (TPSA) is 90.0 Å². The Hall–Kier alpha value is -3.40. The first-order chi connectivity index (χ1) is 19.0. The van der Waals surface area contributed by atoms with Gasteiger partial charge in [-0.1, -0.05) is 79.2 Å². The van der Waals surface area contributed by atoms with E-state index in [1.54, 1.807) is 54.6 Å². The molecule has 0 aromatic heterocycles. The molecule has 1 N–H and O–H groups in total. The lowest BCUT2D eigenvalue weighted by molar-refractivity contribution is -0.140. The van der Waals surface area contributed by atoms with Crippen molar-refractivity contribution in [3.05, 3.63) is 101 Å². The van der Waals surface area contributed by atoms with Gasteiger partial charge in [0.05, 0.1) is 5.69 Å². The normalized spacial score (nSPS) is 12.9. The third kappa shape index (κ3) is 8.30. The van der Waals surface area contributed by atoms with E-state index in [1.165, 1.54) is 19.0 Å². The minimum atomic E-state index is -4.03. The SMILES string of the molecule is CC[C@@H](C)NC(=O)[C@H](Cc1ccccc1)N(Cc1ccc(Cl)cc1)C(=O)CN(c1ccccc1)S(=O)(=O)N(C)C. The number of benzene rings is 3. The molecule has 0 aliphatic carbocycles. The van der Waals surface area contributed by atoms with Crippen molar-refractivity contribution >= 4 is 39.3 Å². The van der Waals surface area contributed by atoms with Crippen LogP contribution in [0.1, 0.15) is 31.4 Å². The molecule has 0 radical (unpaired) electrons. The van der Waals surface area contributed by atoms with Crippen LogP contribution in [0.3, 0.4) is 0 Å². The van der Waals surface area contributed by atoms with E-state index < -0.39 is 28.7 Å². The Bertz CT molecular complexity index is 1350. The summed E-state index contributed by atoms with van der Waals surface area (Å²) in [6.45, 7) is 3.48. The van der Waals surface area contributed by atoms with E-state index in [0.29, 0.717) is 10.7 Å². The van der Waals surface area contributed by atoms with E-state index in [2.05, 4.69) is 5.32 Å². The van der Waals surface area contributed by atoms with Gasteiger partial charge in [-0.15, -0.1) is 0 Å². The fourth-order valence-corrected chi connectivity index (χ4v) is 5.27. The van der Waals surface area contributed by atoms with Crippen molar-refractivity contribution < 1.29 is 18.0 Å². The molecule has 0 aliphatic rings. The van der Waals surface area contributed by atoms with Crippen molar-refractivity contribution in [3.8, 4) is 0 Å². The molecule has 0 saturated heterocycles. The fourth-order valence-electron chi connectivity index (χ4n) is 4.09. The Kier molecular flexibility index (Phi) is 11.1. The molecule has 214 valence electrons. The maximum Gasteiger partial charge on any atom is 0.304 e. The molecule has 0 saturated carbocycles. The Labute approximate surface area is 242 Å². The van der Waals surface area contributed by atoms with Crippen LogP contribution in [0.4, 0.5) is 5.69 Å². The summed E-state index contributed by atoms with van der Waals surface area (Å²) in [5.74, 6) is -0.813. The van der Waals surface area contributed by atoms with E-state index in [0.717, 1.165) is 26.2 Å². The number of amides is 2. The molecule has 0 bridgehead atoms. The molecule has 10 heteroatoms. The number of para-hydroxylation sites is 1. The van der Waals surface area contributed by atoms with Crippen LogP contribution in [-0.4, -0.2) is 62.2 Å². The first kappa shape index (κ1) is 31.1. The molecule has 3 aromatic rings. The van der Waals surface area contributed by atoms with Crippen molar-refractivity contribution in [1.29, 1.82) is 0 Å². The Morgan fingerprint density at radius 1 is 0.875 bits per heavy atom. The monoisotopic (exact) mass is 584 g/mol. The summed E-state index contributed by atoms with van der Waals surface area (Å²) in [5, 5.41) is 3.57. The van der Waals surface area contributed by atoms with Crippen LogP contribution in [0.15, 0.2) is 84.9 Å². The average Bonchev–Trinajstić information content (AvgIpc) is 2.95. The maximum absolute atomic E-state index is 14.2. The van der Waals surface area contributed by atoms with Crippen LogP contribution in [0.2, 0.25) is 5.02 Å². The number of hydrogen-bond acceptors (Lipinski definition) is 4. The zero-order valence-corrected chi connectivity index (χ0v) is 24.9. The fraction of sp³-hybridized carbons (Fsp3) is 0.333. The predicted octanol–water partition coefficient (Wildman–Crippen LogP) is 4.51. The third-order valence-electron chi connectivity index (χ3n) is 6.60. The summed E-state index contributed by atoms with van der Waals surface area (Å²) in [6.07, 6.45) is 0.978. The number of nitrogens with zero attached hydrogens (tertiary/aromatic N) is 3. The zero-order valence-electron chi connectivity index (χ0n) is 23.3. The number of hydrogen-bond donors (Lipinski definition) is 1. The molecule has 8 nitrogen and oxygen atoms in total. The summed E-state index contributed by atoms with van der Waals surface area (Å²) < 4.78 is 28.8. The van der Waals surface area contributed by atoms with Gasteiger partial charge in [-0.3, -0.25) is 9.59 Å². The molecule has 0 aliphatic heterocycles. The van der Waals surface area contributed by atoms with Gasteiger partial charge in [-0.2, -0.15) is 12.7 Å². The van der Waals surface area contributed by atoms with E-state index >= 15 is 0 Å². The van der Waals surface area contributed by atoms with Crippen LogP contribution in [0, 0.1) is 0 Å². The highest BCUT2D eigenvalue weighted by Gasteiger charge is 2.35. The highest BCUT2D eigenvalue weighted by Crippen LogP contribution is 2.22. The van der Waals surface area contributed by atoms with Gasteiger partial charge in [-0.25, -0.2) is 4.31 Å². The lowest BCUT2D eigenvalue weighted by atomic mass is 10.0. The van der Waals surface area contributed by atoms with Crippen molar-refractivity contribution in [2.75, 3.05) is 24.9 Å². The number of rotatable bonds is 13. The highest BCUT2D eigenvalue weighted by atomic mass is 35.5. The van der Waals surface area contributed by atoms with Gasteiger partial charge < -0.3 is 10.2 Å². The molecule has 40 heavy (non-hydrogen) atoms. The molecule has 0 heterocycles. The van der Waals surface area contributed by atoms with Crippen LogP contribution < -0.4 is 9.62 Å². The summed E-state index contributed by atoms with van der Waals surface area (Å²) in [4.78, 5) is 29.3. The van der Waals surface area contributed by atoms with Gasteiger partial charge >= 0.3 is 10.2 Å². The quantitative estimate of drug-likeness (QED) is 0.320. The van der Waals surface area contributed by atoms with Gasteiger partial charge in [0.1, 0.15) is 12.6 Å². The Morgan fingerprint density at radius 2 is 1.45 bits per heavy atom. The summed E-state index contributed by atoms with van der Waals surface area (Å²) in [6, 6.07) is 23.9. The number of nitrogens with one attached hydrogen (secondary N) is 1. The van der Waals surface area contributed by atoms with Crippen molar-refractivity contribution in [2.24, 2.45) is 0 Å². The summed E-state index contributed by atoms with van der Waals surface area (Å²) >= 11 is 6.10. The number of anilines is 1. The minimum absolute atomic E-state index is 0.0894. The van der Waals surface area contributed by atoms with Gasteiger partial charge in [0.25, 0.3) is 0 Å². The number of carbonyl (C=O) groups is 2. The molecule has 2 atom stereocenters. The van der Waals surface area contributed by atoms with Crippen molar-refractivity contribution in [3.63, 3.8) is 0 Å². The second-order valence-corrected chi connectivity index (χ2v) is 12.3. The third-order valence-corrected chi connectivity index (χ3v) is 8.67. The first-order valence-corrected chi connectivity index (χ1v) is 14.9. The smallest absolute Gasteiger partial charge is 0.304 e. The second-order valence-electron chi connectivity index (χ2n) is 9.80. The predicted molar refractivity (Wildman–Crippen MR) is 160 cm³/mol. The van der Waals surface area contributed by atoms with E-state index in [4.69, 9.17) is 11.6 Å². The lowest BCUT2D eigenvalue weighted by Gasteiger charge is -2.35. The van der Waals surface area contributed by atoms with E-state index in [9.17, 15) is 18.0 Å². The lowest BCUT2D eigenvalue weighted by Crippen LogP contribution is -2.55. The largest absolute Gasteiger partial charge is 0.352 e. The molecule has 0 unspecified atom stereocenters. The molecule has 0 spiro atoms. The summed E-state index contributed by atoms with van der Waals surface area (Å²) in [7, 11) is -1.19. The maximum atomic E-state index is 14.2. The second kappa shape index (κ2) is 14.3. The number of halogens is 1. The van der Waals surface area contributed by atoms with Crippen LogP contribution in [-0.2, 0) is 32.8 Å². The van der Waals surface area contributed by atoms with Crippen molar-refractivity contribution in [2.45, 2.75) is 45.3 Å². The Balaban J connectivity index is 2.07. The molecule has 3 aromatic carbocycles. The molecule has 2 amide bonds. The van der Waals surface area contributed by atoms with E-state index in [1.807, 2.05) is 44.2 Å². The van der Waals surface area contributed by atoms with Gasteiger partial charge in [-0.05, 0) is 48.7 Å². The molecular weight excluding hydrogens is 548 g/mol. The van der Waals surface area contributed by atoms with Crippen LogP contribution in [0.5, 0.6) is 0 Å². The van der Waals surface area contributed by atoms with Gasteiger partial charge in [0, 0.05) is 38.1 Å². The van der Waals surface area contributed by atoms with Gasteiger partial charge in [0.15, 0.2) is 0 Å².